The molecule has 7 nitrogen and oxygen atoms in total. The molecular formula is C26H28N2O5S2. The molecule has 35 heavy (non-hydrogen) atoms. The Kier molecular flexibility index (Phi) is 5.14. The van der Waals surface area contributed by atoms with E-state index in [1.165, 1.54) is 21.8 Å². The third kappa shape index (κ3) is 3.38. The molecule has 0 unspecified atom stereocenters. The number of amides is 2. The Morgan fingerprint density at radius 1 is 1.09 bits per heavy atom. The molecule has 2 aliphatic carbocycles. The number of hydrogen-bond acceptors (Lipinski definition) is 6. The molecule has 2 bridgehead atoms. The highest BCUT2D eigenvalue weighted by Crippen LogP contribution is 2.68. The van der Waals surface area contributed by atoms with Crippen molar-refractivity contribution in [2.24, 2.45) is 29.6 Å². The minimum absolute atomic E-state index is 0.00106. The number of carbonyl (C=O) groups excluding carboxylic acids is 2. The summed E-state index contributed by atoms with van der Waals surface area (Å²) in [6, 6.07) is 8.65. The first-order valence-electron chi connectivity index (χ1n) is 12.1. The number of thioether (sulfide) groups is 1. The summed E-state index contributed by atoms with van der Waals surface area (Å²) in [6.07, 6.45) is 0.604. The van der Waals surface area contributed by atoms with Gasteiger partial charge in [0.2, 0.25) is 11.8 Å². The number of carbonyl (C=O) groups is 3. The normalized spacial score (nSPS) is 33.1. The molecule has 3 fully saturated rings. The fourth-order valence-corrected chi connectivity index (χ4v) is 9.96. The SMILES string of the molecule is CC(C)(C)c1ccc([C@H]2c3sc(=O)[nH]c3S[C@H]3[C@@H]4C[C@H]([C@H]5C(=O)N(CCC(=O)O)C(=O)[C@H]45)[C@H]23)cc1. The highest BCUT2D eigenvalue weighted by molar-refractivity contribution is 8.00. The van der Waals surface area contributed by atoms with Gasteiger partial charge in [0, 0.05) is 22.6 Å². The second-order valence-electron chi connectivity index (χ2n) is 11.3. The topological polar surface area (TPSA) is 108 Å². The molecule has 9 heteroatoms. The minimum Gasteiger partial charge on any atom is -0.481 e. The van der Waals surface area contributed by atoms with Gasteiger partial charge in [0.25, 0.3) is 0 Å². The van der Waals surface area contributed by atoms with Gasteiger partial charge in [0.05, 0.1) is 23.3 Å². The summed E-state index contributed by atoms with van der Waals surface area (Å²) in [5, 5.41) is 10.1. The lowest BCUT2D eigenvalue weighted by molar-refractivity contribution is -0.142. The van der Waals surface area contributed by atoms with Crippen LogP contribution < -0.4 is 4.87 Å². The Balaban J connectivity index is 1.40. The summed E-state index contributed by atoms with van der Waals surface area (Å²) >= 11 is 2.93. The van der Waals surface area contributed by atoms with Gasteiger partial charge in [-0.25, -0.2) is 0 Å². The van der Waals surface area contributed by atoms with Crippen LogP contribution in [0.3, 0.4) is 0 Å². The number of H-pyrrole nitrogens is 1. The largest absolute Gasteiger partial charge is 0.481 e. The van der Waals surface area contributed by atoms with Crippen LogP contribution in [0.4, 0.5) is 0 Å². The van der Waals surface area contributed by atoms with Crippen molar-refractivity contribution in [1.29, 1.82) is 0 Å². The second-order valence-corrected chi connectivity index (χ2v) is 13.5. The zero-order valence-corrected chi connectivity index (χ0v) is 21.4. The van der Waals surface area contributed by atoms with Crippen LogP contribution in [0.25, 0.3) is 0 Å². The fourth-order valence-electron chi connectivity index (χ4n) is 7.07. The molecule has 7 atom stereocenters. The quantitative estimate of drug-likeness (QED) is 0.605. The van der Waals surface area contributed by atoms with E-state index >= 15 is 0 Å². The van der Waals surface area contributed by atoms with Crippen molar-refractivity contribution in [3.05, 3.63) is 49.9 Å². The highest BCUT2D eigenvalue weighted by atomic mass is 32.2. The number of nitrogens with one attached hydrogen (secondary N) is 1. The maximum Gasteiger partial charge on any atom is 0.305 e. The van der Waals surface area contributed by atoms with E-state index in [1.54, 1.807) is 11.8 Å². The third-order valence-electron chi connectivity index (χ3n) is 8.50. The number of rotatable bonds is 4. The zero-order chi connectivity index (χ0) is 24.8. The van der Waals surface area contributed by atoms with Crippen molar-refractivity contribution in [2.75, 3.05) is 6.54 Å². The zero-order valence-electron chi connectivity index (χ0n) is 19.8. The summed E-state index contributed by atoms with van der Waals surface area (Å²) in [6.45, 7) is 6.49. The lowest BCUT2D eigenvalue weighted by atomic mass is 9.68. The van der Waals surface area contributed by atoms with Crippen molar-refractivity contribution in [2.45, 2.75) is 55.2 Å². The van der Waals surface area contributed by atoms with Crippen LogP contribution in [-0.4, -0.2) is 44.6 Å². The van der Waals surface area contributed by atoms with Crippen LogP contribution in [0.15, 0.2) is 34.1 Å². The van der Waals surface area contributed by atoms with Crippen molar-refractivity contribution in [3.63, 3.8) is 0 Å². The number of aromatic amines is 1. The van der Waals surface area contributed by atoms with E-state index in [0.717, 1.165) is 21.9 Å². The van der Waals surface area contributed by atoms with Crippen molar-refractivity contribution in [1.82, 2.24) is 9.88 Å². The lowest BCUT2D eigenvalue weighted by Gasteiger charge is -2.43. The number of benzene rings is 1. The molecule has 6 rings (SSSR count). The minimum atomic E-state index is -1.01. The molecule has 3 heterocycles. The first-order valence-corrected chi connectivity index (χ1v) is 13.8. The molecule has 4 aliphatic rings. The first-order chi connectivity index (χ1) is 16.6. The van der Waals surface area contributed by atoms with Crippen molar-refractivity contribution >= 4 is 40.9 Å². The smallest absolute Gasteiger partial charge is 0.305 e. The fraction of sp³-hybridized carbons (Fsp3) is 0.538. The molecule has 2 aromatic rings. The van der Waals surface area contributed by atoms with Crippen LogP contribution in [-0.2, 0) is 19.8 Å². The van der Waals surface area contributed by atoms with E-state index in [9.17, 15) is 19.2 Å². The molecule has 184 valence electrons. The van der Waals surface area contributed by atoms with E-state index in [0.29, 0.717) is 0 Å². The molecule has 2 N–H and O–H groups in total. The van der Waals surface area contributed by atoms with Crippen LogP contribution in [0.1, 0.15) is 55.5 Å². The van der Waals surface area contributed by atoms with E-state index in [1.807, 2.05) is 0 Å². The molecule has 1 saturated heterocycles. The number of aromatic nitrogens is 1. The number of nitrogens with zero attached hydrogens (tertiary/aromatic N) is 1. The van der Waals surface area contributed by atoms with Crippen molar-refractivity contribution in [3.8, 4) is 0 Å². The van der Waals surface area contributed by atoms with Crippen molar-refractivity contribution < 1.29 is 19.5 Å². The van der Waals surface area contributed by atoms with E-state index in [2.05, 4.69) is 50.0 Å². The molecule has 2 saturated carbocycles. The highest BCUT2D eigenvalue weighted by Gasteiger charge is 2.69. The third-order valence-corrected chi connectivity index (χ3v) is 11.1. The first kappa shape index (κ1) is 23.0. The van der Waals surface area contributed by atoms with Crippen LogP contribution in [0, 0.1) is 29.6 Å². The number of carboxylic acid groups (broad SMARTS) is 1. The van der Waals surface area contributed by atoms with Gasteiger partial charge in [-0.1, -0.05) is 56.4 Å². The number of carboxylic acids is 1. The van der Waals surface area contributed by atoms with Gasteiger partial charge in [0.15, 0.2) is 0 Å². The molecule has 2 amide bonds. The standard InChI is InChI=1S/C26H28N2O5S2/c1-26(2,3)12-6-4-11(5-7-12)16-17-13-10-14(20(17)34-22-21(16)35-25(33)27-22)19-18(13)23(31)28(24(19)32)9-8-15(29)30/h4-7,13-14,16-20H,8-10H2,1-3H3,(H,27,33)(H,29,30)/t13-,14+,16+,17+,18+,19+,20-/m0/s1. The van der Waals surface area contributed by atoms with Crippen LogP contribution in [0.2, 0.25) is 0 Å². The van der Waals surface area contributed by atoms with Gasteiger partial charge < -0.3 is 10.1 Å². The van der Waals surface area contributed by atoms with Gasteiger partial charge in [-0.3, -0.25) is 24.1 Å². The number of thiazole rings is 1. The van der Waals surface area contributed by atoms with Gasteiger partial charge in [-0.15, -0.1) is 11.8 Å². The average molecular weight is 513 g/mol. The maximum absolute atomic E-state index is 13.4. The molecule has 1 aromatic heterocycles. The summed E-state index contributed by atoms with van der Waals surface area (Å²) in [4.78, 5) is 55.3. The number of imide groups is 1. The van der Waals surface area contributed by atoms with Crippen LogP contribution in [0.5, 0.6) is 0 Å². The summed E-state index contributed by atoms with van der Waals surface area (Å²) in [5.41, 5.74) is 2.42. The number of likely N-dealkylation sites (tertiary alicyclic amines) is 1. The summed E-state index contributed by atoms with van der Waals surface area (Å²) in [7, 11) is 0. The molecule has 2 aliphatic heterocycles. The molecule has 0 radical (unpaired) electrons. The van der Waals surface area contributed by atoms with Gasteiger partial charge in [0.1, 0.15) is 0 Å². The Morgan fingerprint density at radius 2 is 1.74 bits per heavy atom. The van der Waals surface area contributed by atoms with Gasteiger partial charge in [-0.2, -0.15) is 0 Å². The van der Waals surface area contributed by atoms with Gasteiger partial charge in [-0.05, 0) is 40.7 Å². The summed E-state index contributed by atoms with van der Waals surface area (Å²) < 4.78 is 0. The molecular weight excluding hydrogens is 484 g/mol. The molecule has 0 spiro atoms. The predicted molar refractivity (Wildman–Crippen MR) is 133 cm³/mol. The molecule has 1 aromatic carbocycles. The Labute approximate surface area is 211 Å². The van der Waals surface area contributed by atoms with E-state index in [-0.39, 0.29) is 75.8 Å². The monoisotopic (exact) mass is 512 g/mol. The van der Waals surface area contributed by atoms with E-state index < -0.39 is 5.97 Å². The Hall–Kier alpha value is -2.39. The Bertz CT molecular complexity index is 1290. The van der Waals surface area contributed by atoms with Gasteiger partial charge >= 0.3 is 10.8 Å². The predicted octanol–water partition coefficient (Wildman–Crippen LogP) is 3.68. The summed E-state index contributed by atoms with van der Waals surface area (Å²) in [5.74, 6) is -1.91. The maximum atomic E-state index is 13.4. The van der Waals surface area contributed by atoms with E-state index in [4.69, 9.17) is 5.11 Å². The van der Waals surface area contributed by atoms with Crippen LogP contribution >= 0.6 is 23.1 Å². The Morgan fingerprint density at radius 3 is 2.37 bits per heavy atom. The number of aliphatic carboxylic acids is 1. The average Bonchev–Trinajstić information content (AvgIpc) is 3.51. The number of fused-ring (bicyclic) bond motifs is 9. The number of hydrogen-bond donors (Lipinski definition) is 2. The second kappa shape index (κ2) is 7.80. The lowest BCUT2D eigenvalue weighted by Crippen LogP contribution is -2.42.